The fourth-order valence-corrected chi connectivity index (χ4v) is 9.53. The van der Waals surface area contributed by atoms with Gasteiger partial charge < -0.3 is 30.4 Å². The number of benzene rings is 4. The molecule has 0 aliphatic carbocycles. The zero-order chi connectivity index (χ0) is 46.2. The number of aryl methyl sites for hydroxylation is 2. The van der Waals surface area contributed by atoms with Crippen LogP contribution in [0.2, 0.25) is 10.0 Å². The zero-order valence-electron chi connectivity index (χ0n) is 34.7. The first-order valence-corrected chi connectivity index (χ1v) is 23.0. The summed E-state index contributed by atoms with van der Waals surface area (Å²) in [6, 6.07) is 26.5. The summed E-state index contributed by atoms with van der Waals surface area (Å²) >= 11 is 16.4. The lowest BCUT2D eigenvalue weighted by Crippen LogP contribution is -2.56. The standard InChI is InChI=1S/C19H21ClN2O4S.C19H20ClNO5S.C2H3ClO2.C2H7N.CH4/c1-13-2-8-17(9-3-13)27(24,25)22-11-18(19(21)23)26-12-16(22)10-14-4-6-15(20)7-5-14;1-13-2-8-17(9-3-13)27(24,25)21-11-18(19(22)23)26-12-16(21)10-14-4-6-15(20)7-5-14;1-5-2(3)4;1-3-2;/h2-9,16,18H,10-12H2,1H3,(H2,21,23);2-9,16,18H,10-12H2,1H3,(H,22,23);1H3;3H,1-2H3;1H4/t2*16?,18-;;;/m00.../s1. The van der Waals surface area contributed by atoms with Gasteiger partial charge in [-0.25, -0.2) is 26.4 Å². The predicted molar refractivity (Wildman–Crippen MR) is 244 cm³/mol. The largest absolute Gasteiger partial charge is 0.479 e. The molecule has 15 nitrogen and oxygen atoms in total. The van der Waals surface area contributed by atoms with Crippen molar-refractivity contribution in [3.05, 3.63) is 129 Å². The normalized spacial score (nSPS) is 18.9. The lowest BCUT2D eigenvalue weighted by molar-refractivity contribution is -0.156. The van der Waals surface area contributed by atoms with Crippen LogP contribution in [-0.2, 0) is 56.7 Å². The van der Waals surface area contributed by atoms with Gasteiger partial charge in [0.1, 0.15) is 6.10 Å². The predicted octanol–water partition coefficient (Wildman–Crippen LogP) is 6.33. The van der Waals surface area contributed by atoms with Gasteiger partial charge in [0.25, 0.3) is 0 Å². The van der Waals surface area contributed by atoms with Crippen molar-refractivity contribution in [1.29, 1.82) is 0 Å². The van der Waals surface area contributed by atoms with Gasteiger partial charge in [-0.05, 0) is 100 Å². The average molecular weight is 974 g/mol. The van der Waals surface area contributed by atoms with Crippen LogP contribution in [0.4, 0.5) is 4.79 Å². The van der Waals surface area contributed by atoms with E-state index >= 15 is 0 Å². The smallest absolute Gasteiger partial charge is 0.403 e. The third-order valence-corrected chi connectivity index (χ3v) is 13.8. The van der Waals surface area contributed by atoms with Gasteiger partial charge in [-0.15, -0.1) is 0 Å². The number of carboxylic acids is 1. The van der Waals surface area contributed by atoms with E-state index in [0.717, 1.165) is 22.3 Å². The SMILES string of the molecule is C.CNC.COC(=O)Cl.Cc1ccc(S(=O)(=O)N2C[C@@H](C(=O)O)OCC2Cc2ccc(Cl)cc2)cc1.Cc1ccc(S(=O)(=O)N2C[C@@H](C(N)=O)OCC2Cc2ccc(Cl)cc2)cc1. The Morgan fingerprint density at radius 2 is 1.02 bits per heavy atom. The van der Waals surface area contributed by atoms with E-state index < -0.39 is 61.6 Å². The van der Waals surface area contributed by atoms with Crippen molar-refractivity contribution >= 4 is 72.2 Å². The molecule has 2 saturated heterocycles. The number of aliphatic carboxylic acids is 1. The molecule has 6 rings (SSSR count). The molecule has 1 amide bonds. The number of nitrogens with zero attached hydrogens (tertiary/aromatic N) is 2. The number of hydrogen-bond donors (Lipinski definition) is 3. The van der Waals surface area contributed by atoms with Gasteiger partial charge in [-0.1, -0.05) is 90.3 Å². The van der Waals surface area contributed by atoms with Crippen molar-refractivity contribution in [3.8, 4) is 0 Å². The number of amides is 1. The molecule has 0 saturated carbocycles. The molecule has 2 heterocycles. The number of nitrogens with two attached hydrogens (primary N) is 1. The third kappa shape index (κ3) is 16.7. The second kappa shape index (κ2) is 26.0. The summed E-state index contributed by atoms with van der Waals surface area (Å²) in [6.45, 7) is 3.51. The monoisotopic (exact) mass is 972 g/mol. The van der Waals surface area contributed by atoms with Crippen molar-refractivity contribution in [1.82, 2.24) is 13.9 Å². The van der Waals surface area contributed by atoms with Crippen LogP contribution in [0.3, 0.4) is 0 Å². The first-order chi connectivity index (χ1) is 29.2. The van der Waals surface area contributed by atoms with E-state index in [1.807, 2.05) is 52.2 Å². The number of carbonyl (C=O) groups excluding carboxylic acids is 2. The van der Waals surface area contributed by atoms with Gasteiger partial charge in [0.05, 0.1) is 48.7 Å². The van der Waals surface area contributed by atoms with E-state index in [-0.39, 0.29) is 43.5 Å². The maximum atomic E-state index is 13.2. The van der Waals surface area contributed by atoms with Crippen LogP contribution in [0.25, 0.3) is 0 Å². The minimum atomic E-state index is -3.86. The molecule has 4 atom stereocenters. The molecule has 2 aliphatic rings. The summed E-state index contributed by atoms with van der Waals surface area (Å²) in [6.07, 6.45) is -1.32. The van der Waals surface area contributed by atoms with Crippen molar-refractivity contribution in [3.63, 3.8) is 0 Å². The summed E-state index contributed by atoms with van der Waals surface area (Å²) in [7, 11) is -2.69. The molecule has 0 spiro atoms. The van der Waals surface area contributed by atoms with Gasteiger partial charge in [0, 0.05) is 28.2 Å². The number of morpholine rings is 2. The number of carboxylic acid groups (broad SMARTS) is 1. The Morgan fingerprint density at radius 1 is 0.698 bits per heavy atom. The number of sulfonamides is 2. The molecule has 0 bridgehead atoms. The number of nitrogens with one attached hydrogen (secondary N) is 1. The molecule has 2 unspecified atom stereocenters. The number of rotatable bonds is 10. The lowest BCUT2D eigenvalue weighted by Gasteiger charge is -2.37. The van der Waals surface area contributed by atoms with Crippen molar-refractivity contribution in [2.45, 2.75) is 68.2 Å². The fourth-order valence-electron chi connectivity index (χ4n) is 6.06. The molecule has 0 aromatic heterocycles. The van der Waals surface area contributed by atoms with Gasteiger partial charge in [0.15, 0.2) is 6.10 Å². The van der Waals surface area contributed by atoms with Crippen molar-refractivity contribution in [2.75, 3.05) is 47.5 Å². The van der Waals surface area contributed by atoms with Crippen LogP contribution in [0, 0.1) is 13.8 Å². The van der Waals surface area contributed by atoms with Crippen LogP contribution in [0.1, 0.15) is 29.7 Å². The summed E-state index contributed by atoms with van der Waals surface area (Å²) in [5.74, 6) is -1.85. The molecule has 346 valence electrons. The number of methoxy groups -OCH3 is 1. The van der Waals surface area contributed by atoms with Crippen molar-refractivity contribution < 1.29 is 50.5 Å². The zero-order valence-corrected chi connectivity index (χ0v) is 38.6. The Hall–Kier alpha value is -4.14. The lowest BCUT2D eigenvalue weighted by atomic mass is 10.1. The third-order valence-electron chi connectivity index (χ3n) is 9.26. The second-order valence-corrected chi connectivity index (χ2v) is 19.0. The van der Waals surface area contributed by atoms with Crippen molar-refractivity contribution in [2.24, 2.45) is 5.73 Å². The summed E-state index contributed by atoms with van der Waals surface area (Å²) in [5.41, 5.74) is 8.30. The Balaban J connectivity index is 0.000000366. The van der Waals surface area contributed by atoms with Crippen LogP contribution >= 0.6 is 34.8 Å². The highest BCUT2D eigenvalue weighted by atomic mass is 35.5. The van der Waals surface area contributed by atoms with E-state index in [4.69, 9.17) is 38.4 Å². The number of primary amides is 1. The molecule has 2 aliphatic heterocycles. The molecule has 0 radical (unpaired) electrons. The Kier molecular flexibility index (Phi) is 22.7. The molecular weight excluding hydrogens is 919 g/mol. The average Bonchev–Trinajstić information content (AvgIpc) is 3.23. The van der Waals surface area contributed by atoms with E-state index in [0.29, 0.717) is 22.9 Å². The highest BCUT2D eigenvalue weighted by Gasteiger charge is 2.41. The number of carbonyl (C=O) groups is 3. The van der Waals surface area contributed by atoms with Crippen LogP contribution in [0.15, 0.2) is 107 Å². The highest BCUT2D eigenvalue weighted by Crippen LogP contribution is 2.27. The summed E-state index contributed by atoms with van der Waals surface area (Å²) in [4.78, 5) is 32.6. The molecule has 4 N–H and O–H groups in total. The Morgan fingerprint density at radius 3 is 1.32 bits per heavy atom. The topological polar surface area (TPSA) is 212 Å². The van der Waals surface area contributed by atoms with Gasteiger partial charge in [0.2, 0.25) is 26.0 Å². The van der Waals surface area contributed by atoms with Crippen LogP contribution in [-0.4, -0.2) is 120 Å². The molecule has 63 heavy (non-hydrogen) atoms. The highest BCUT2D eigenvalue weighted by molar-refractivity contribution is 7.89. The van der Waals surface area contributed by atoms with Crippen LogP contribution < -0.4 is 11.1 Å². The minimum absolute atomic E-state index is 0. The Bertz CT molecular complexity index is 2130. The fraction of sp³-hybridized carbons (Fsp3) is 0.372. The summed E-state index contributed by atoms with van der Waals surface area (Å²) in [5, 5.41) is 13.2. The number of hydrogen-bond acceptors (Lipinski definition) is 11. The minimum Gasteiger partial charge on any atom is -0.479 e. The molecule has 4 aromatic carbocycles. The van der Waals surface area contributed by atoms with Crippen LogP contribution in [0.5, 0.6) is 0 Å². The second-order valence-electron chi connectivity index (χ2n) is 14.1. The maximum absolute atomic E-state index is 13.2. The van der Waals surface area contributed by atoms with E-state index in [2.05, 4.69) is 21.7 Å². The molecular formula is C43H55Cl3N4O11S2. The van der Waals surface area contributed by atoms with E-state index in [1.165, 1.54) is 27.9 Å². The van der Waals surface area contributed by atoms with Gasteiger partial charge in [-0.2, -0.15) is 8.61 Å². The first-order valence-electron chi connectivity index (χ1n) is 19.0. The summed E-state index contributed by atoms with van der Waals surface area (Å²) < 4.78 is 70.2. The number of halogens is 3. The van der Waals surface area contributed by atoms with Gasteiger partial charge >= 0.3 is 11.4 Å². The quantitative estimate of drug-likeness (QED) is 0.149. The Labute approximate surface area is 385 Å². The van der Waals surface area contributed by atoms with E-state index in [1.54, 1.807) is 60.7 Å². The number of ether oxygens (including phenoxy) is 3. The van der Waals surface area contributed by atoms with Gasteiger partial charge in [-0.3, -0.25) is 4.79 Å². The molecule has 4 aromatic rings. The van der Waals surface area contributed by atoms with E-state index in [9.17, 15) is 36.3 Å². The maximum Gasteiger partial charge on any atom is 0.403 e. The molecule has 20 heteroatoms. The first kappa shape index (κ1) is 55.0. The molecule has 2 fully saturated rings.